The molecule has 0 aliphatic rings. The predicted octanol–water partition coefficient (Wildman–Crippen LogP) is 5.18. The zero-order valence-electron chi connectivity index (χ0n) is 14.1. The maximum Gasteiger partial charge on any atom is 0.377 e. The van der Waals surface area contributed by atoms with Gasteiger partial charge in [-0.3, -0.25) is 4.79 Å². The monoisotopic (exact) mass is 327 g/mol. The minimum absolute atomic E-state index is 0.0185. The Kier molecular flexibility index (Phi) is 6.24. The van der Waals surface area contributed by atoms with Crippen molar-refractivity contribution in [2.75, 3.05) is 6.16 Å². The van der Waals surface area contributed by atoms with E-state index in [4.69, 9.17) is 0 Å². The summed E-state index contributed by atoms with van der Waals surface area (Å²) in [4.78, 5) is 13.0. The van der Waals surface area contributed by atoms with E-state index in [1.54, 1.807) is 6.07 Å². The fourth-order valence-corrected chi connectivity index (χ4v) is 4.27. The molecule has 2 aromatic rings. The van der Waals surface area contributed by atoms with E-state index in [-0.39, 0.29) is 5.78 Å². The number of carbonyl (C=O) groups excluding carboxylic acids is 1. The van der Waals surface area contributed by atoms with Crippen LogP contribution in [0.1, 0.15) is 53.2 Å². The zero-order chi connectivity index (χ0) is 16.8. The fraction of sp³-hybridized carbons (Fsp3) is 0.350. The van der Waals surface area contributed by atoms with Gasteiger partial charge in [0.1, 0.15) is 0 Å². The standard InChI is InChI=1S/C20H24O2P/c1-4-5-8-14-23(22)18-13-7-6-12-17(18)20(21)19-15(2)10-9-11-16(19)3/h6-7,9-13H,4-5,8,14H2,1-3H3/q+1. The quantitative estimate of drug-likeness (QED) is 0.399. The van der Waals surface area contributed by atoms with Crippen molar-refractivity contribution in [3.05, 3.63) is 64.7 Å². The maximum atomic E-state index is 13.0. The molecule has 0 saturated carbocycles. The van der Waals surface area contributed by atoms with Gasteiger partial charge in [-0.2, -0.15) is 0 Å². The molecule has 0 heterocycles. The van der Waals surface area contributed by atoms with Gasteiger partial charge in [-0.05, 0) is 49.9 Å². The van der Waals surface area contributed by atoms with Crippen molar-refractivity contribution in [3.8, 4) is 0 Å². The summed E-state index contributed by atoms with van der Waals surface area (Å²) >= 11 is 0. The highest BCUT2D eigenvalue weighted by molar-refractivity contribution is 7.53. The van der Waals surface area contributed by atoms with E-state index in [0.29, 0.717) is 17.0 Å². The van der Waals surface area contributed by atoms with Crippen LogP contribution in [0.3, 0.4) is 0 Å². The molecule has 0 N–H and O–H groups in total. The molecule has 23 heavy (non-hydrogen) atoms. The largest absolute Gasteiger partial charge is 0.377 e. The van der Waals surface area contributed by atoms with Crippen LogP contribution in [0.2, 0.25) is 0 Å². The molecule has 2 rings (SSSR count). The zero-order valence-corrected chi connectivity index (χ0v) is 15.0. The summed E-state index contributed by atoms with van der Waals surface area (Å²) < 4.78 is 12.6. The predicted molar refractivity (Wildman–Crippen MR) is 97.4 cm³/mol. The van der Waals surface area contributed by atoms with E-state index in [9.17, 15) is 9.36 Å². The van der Waals surface area contributed by atoms with E-state index in [2.05, 4.69) is 6.92 Å². The molecule has 0 aliphatic heterocycles. The molecule has 3 heteroatoms. The van der Waals surface area contributed by atoms with Gasteiger partial charge in [0.05, 0.1) is 5.56 Å². The molecule has 0 aromatic heterocycles. The summed E-state index contributed by atoms with van der Waals surface area (Å²) in [7, 11) is -1.52. The number of aryl methyl sites for hydroxylation is 2. The van der Waals surface area contributed by atoms with Crippen LogP contribution in [0.4, 0.5) is 0 Å². The lowest BCUT2D eigenvalue weighted by molar-refractivity contribution is 0.103. The summed E-state index contributed by atoms with van der Waals surface area (Å²) in [5.41, 5.74) is 3.25. The first kappa shape index (κ1) is 17.6. The number of hydrogen-bond donors (Lipinski definition) is 0. The average Bonchev–Trinajstić information content (AvgIpc) is 2.54. The van der Waals surface area contributed by atoms with Gasteiger partial charge < -0.3 is 0 Å². The highest BCUT2D eigenvalue weighted by atomic mass is 31.1. The molecule has 0 amide bonds. The number of hydrogen-bond acceptors (Lipinski definition) is 2. The molecule has 2 aromatic carbocycles. The summed E-state index contributed by atoms with van der Waals surface area (Å²) in [6, 6.07) is 13.2. The van der Waals surface area contributed by atoms with Crippen LogP contribution in [-0.2, 0) is 4.57 Å². The van der Waals surface area contributed by atoms with Gasteiger partial charge in [-0.15, -0.1) is 0 Å². The van der Waals surface area contributed by atoms with E-state index in [1.807, 2.05) is 50.2 Å². The number of ketones is 1. The van der Waals surface area contributed by atoms with E-state index in [0.717, 1.165) is 36.0 Å². The summed E-state index contributed by atoms with van der Waals surface area (Å²) in [5, 5.41) is 0.700. The number of rotatable bonds is 7. The molecule has 1 atom stereocenters. The molecule has 0 spiro atoms. The second-order valence-corrected chi connectivity index (χ2v) is 7.61. The van der Waals surface area contributed by atoms with Crippen molar-refractivity contribution in [2.24, 2.45) is 0 Å². The van der Waals surface area contributed by atoms with E-state index in [1.165, 1.54) is 0 Å². The van der Waals surface area contributed by atoms with Gasteiger partial charge >= 0.3 is 7.80 Å². The van der Waals surface area contributed by atoms with Crippen molar-refractivity contribution in [2.45, 2.75) is 40.0 Å². The van der Waals surface area contributed by atoms with Crippen LogP contribution in [0, 0.1) is 13.8 Å². The molecular formula is C20H24O2P+. The van der Waals surface area contributed by atoms with Crippen LogP contribution in [0.15, 0.2) is 42.5 Å². The summed E-state index contributed by atoms with van der Waals surface area (Å²) in [5.74, 6) is -0.0185. The Morgan fingerprint density at radius 3 is 2.26 bits per heavy atom. The highest BCUT2D eigenvalue weighted by Crippen LogP contribution is 2.26. The fourth-order valence-electron chi connectivity index (χ4n) is 2.82. The Hall–Kier alpha value is -1.79. The molecule has 0 fully saturated rings. The Bertz CT molecular complexity index is 699. The van der Waals surface area contributed by atoms with Crippen LogP contribution in [0.5, 0.6) is 0 Å². The van der Waals surface area contributed by atoms with Crippen molar-refractivity contribution in [1.82, 2.24) is 0 Å². The molecule has 2 nitrogen and oxygen atoms in total. The first-order valence-electron chi connectivity index (χ1n) is 8.21. The molecule has 0 aliphatic carbocycles. The average molecular weight is 327 g/mol. The third-order valence-electron chi connectivity index (χ3n) is 4.09. The lowest BCUT2D eigenvalue weighted by Crippen LogP contribution is -2.16. The Morgan fingerprint density at radius 2 is 1.61 bits per heavy atom. The smallest absolute Gasteiger partial charge is 0.288 e. The first-order chi connectivity index (χ1) is 11.1. The minimum atomic E-state index is -1.52. The second kappa shape index (κ2) is 8.17. The summed E-state index contributed by atoms with van der Waals surface area (Å²) in [6.45, 7) is 6.03. The second-order valence-electron chi connectivity index (χ2n) is 5.92. The third-order valence-corrected chi connectivity index (χ3v) is 5.74. The van der Waals surface area contributed by atoms with Gasteiger partial charge in [0, 0.05) is 5.56 Å². The van der Waals surface area contributed by atoms with Crippen LogP contribution < -0.4 is 5.30 Å². The first-order valence-corrected chi connectivity index (χ1v) is 9.65. The molecule has 120 valence electrons. The maximum absolute atomic E-state index is 13.0. The van der Waals surface area contributed by atoms with Gasteiger partial charge in [0.2, 0.25) is 5.30 Å². The highest BCUT2D eigenvalue weighted by Gasteiger charge is 2.27. The lowest BCUT2D eigenvalue weighted by Gasteiger charge is -2.09. The van der Waals surface area contributed by atoms with Crippen molar-refractivity contribution in [1.29, 1.82) is 0 Å². The topological polar surface area (TPSA) is 34.1 Å². The Morgan fingerprint density at radius 1 is 0.957 bits per heavy atom. The molecular weight excluding hydrogens is 303 g/mol. The van der Waals surface area contributed by atoms with Crippen LogP contribution in [-0.4, -0.2) is 11.9 Å². The lowest BCUT2D eigenvalue weighted by atomic mass is 9.95. The van der Waals surface area contributed by atoms with Gasteiger partial charge in [-0.1, -0.05) is 48.2 Å². The van der Waals surface area contributed by atoms with Crippen molar-refractivity contribution in [3.63, 3.8) is 0 Å². The van der Waals surface area contributed by atoms with Gasteiger partial charge in [0.25, 0.3) is 0 Å². The SMILES string of the molecule is CCCCC[P+](=O)c1ccccc1C(=O)c1c(C)cccc1C. The van der Waals surface area contributed by atoms with Crippen molar-refractivity contribution >= 4 is 18.9 Å². The molecule has 0 saturated heterocycles. The van der Waals surface area contributed by atoms with E-state index >= 15 is 0 Å². The molecule has 0 radical (unpaired) electrons. The van der Waals surface area contributed by atoms with Crippen LogP contribution >= 0.6 is 7.80 Å². The minimum Gasteiger partial charge on any atom is -0.288 e. The van der Waals surface area contributed by atoms with E-state index < -0.39 is 7.80 Å². The number of benzene rings is 2. The molecule has 1 unspecified atom stereocenters. The third kappa shape index (κ3) is 4.14. The van der Waals surface area contributed by atoms with Gasteiger partial charge in [-0.25, -0.2) is 0 Å². The number of carbonyl (C=O) groups is 1. The van der Waals surface area contributed by atoms with Gasteiger partial charge in [0.15, 0.2) is 11.9 Å². The molecule has 0 bridgehead atoms. The Balaban J connectivity index is 2.37. The number of unbranched alkanes of at least 4 members (excludes halogenated alkanes) is 2. The normalized spacial score (nSPS) is 11.3. The Labute approximate surface area is 139 Å². The van der Waals surface area contributed by atoms with Crippen molar-refractivity contribution < 1.29 is 9.36 Å². The van der Waals surface area contributed by atoms with Crippen LogP contribution in [0.25, 0.3) is 0 Å². The summed E-state index contributed by atoms with van der Waals surface area (Å²) in [6.07, 6.45) is 3.78.